The highest BCUT2D eigenvalue weighted by Gasteiger charge is 2.15. The number of rotatable bonds is 7. The van der Waals surface area contributed by atoms with Crippen molar-refractivity contribution < 1.29 is 18.1 Å². The number of sulfone groups is 1. The Hall–Kier alpha value is -2.85. The van der Waals surface area contributed by atoms with Gasteiger partial charge in [-0.1, -0.05) is 29.5 Å². The summed E-state index contributed by atoms with van der Waals surface area (Å²) in [5.74, 6) is -0.554. The average molecular weight is 434 g/mol. The molecule has 10 heteroatoms. The lowest BCUT2D eigenvalue weighted by Gasteiger charge is -2.03. The van der Waals surface area contributed by atoms with E-state index in [1.165, 1.54) is 35.6 Å². The molecule has 0 aliphatic rings. The SMILES string of the molecule is CCn1c(=NC(=O)CCCS(=O)(=O)c2ccccc2)sc2ccc([N+](=O)[O-])cc21. The number of hydrogen-bond donors (Lipinski definition) is 0. The Morgan fingerprint density at radius 3 is 2.59 bits per heavy atom. The van der Waals surface area contributed by atoms with Gasteiger partial charge in [0.15, 0.2) is 14.6 Å². The van der Waals surface area contributed by atoms with Crippen molar-refractivity contribution in [2.24, 2.45) is 4.99 Å². The second kappa shape index (κ2) is 8.66. The minimum absolute atomic E-state index is 0.00414. The van der Waals surface area contributed by atoms with Gasteiger partial charge < -0.3 is 4.57 Å². The molecule has 1 amide bonds. The number of carbonyl (C=O) groups excluding carboxylic acids is 1. The van der Waals surface area contributed by atoms with E-state index in [1.54, 1.807) is 28.8 Å². The zero-order chi connectivity index (χ0) is 21.0. The Morgan fingerprint density at radius 2 is 1.93 bits per heavy atom. The van der Waals surface area contributed by atoms with Crippen LogP contribution >= 0.6 is 11.3 Å². The molecule has 0 spiro atoms. The van der Waals surface area contributed by atoms with Crippen molar-refractivity contribution in [1.82, 2.24) is 4.57 Å². The summed E-state index contributed by atoms with van der Waals surface area (Å²) in [4.78, 5) is 27.6. The second-order valence-electron chi connectivity index (χ2n) is 6.28. The Kier molecular flexibility index (Phi) is 6.23. The fourth-order valence-electron chi connectivity index (χ4n) is 2.88. The number of fused-ring (bicyclic) bond motifs is 1. The van der Waals surface area contributed by atoms with Gasteiger partial charge in [0.2, 0.25) is 5.91 Å². The molecule has 3 aromatic rings. The number of carbonyl (C=O) groups is 1. The van der Waals surface area contributed by atoms with Crippen LogP contribution in [0, 0.1) is 10.1 Å². The van der Waals surface area contributed by atoms with E-state index in [2.05, 4.69) is 4.99 Å². The Bertz CT molecular complexity index is 1230. The molecular formula is C19H19N3O5S2. The summed E-state index contributed by atoms with van der Waals surface area (Å²) in [5, 5.41) is 11.0. The first kappa shape index (κ1) is 20.9. The van der Waals surface area contributed by atoms with Crippen LogP contribution in [0.5, 0.6) is 0 Å². The van der Waals surface area contributed by atoms with Gasteiger partial charge in [0.05, 0.1) is 25.8 Å². The van der Waals surface area contributed by atoms with Gasteiger partial charge in [-0.25, -0.2) is 8.42 Å². The number of nitro benzene ring substituents is 1. The minimum atomic E-state index is -3.44. The fraction of sp³-hybridized carbons (Fsp3) is 0.263. The van der Waals surface area contributed by atoms with Crippen LogP contribution in [0.15, 0.2) is 58.4 Å². The molecular weight excluding hydrogens is 414 g/mol. The number of non-ortho nitro benzene ring substituents is 1. The average Bonchev–Trinajstić information content (AvgIpc) is 3.04. The molecule has 0 bridgehead atoms. The van der Waals surface area contributed by atoms with Crippen LogP contribution in [-0.4, -0.2) is 29.6 Å². The number of amides is 1. The highest BCUT2D eigenvalue weighted by atomic mass is 32.2. The van der Waals surface area contributed by atoms with E-state index in [9.17, 15) is 23.3 Å². The lowest BCUT2D eigenvalue weighted by atomic mass is 10.3. The summed E-state index contributed by atoms with van der Waals surface area (Å²) in [5.41, 5.74) is 0.617. The summed E-state index contributed by atoms with van der Waals surface area (Å²) in [6.45, 7) is 2.36. The normalized spacial score (nSPS) is 12.4. The number of hydrogen-bond acceptors (Lipinski definition) is 6. The van der Waals surface area contributed by atoms with Crippen molar-refractivity contribution in [2.45, 2.75) is 31.2 Å². The van der Waals surface area contributed by atoms with Gasteiger partial charge in [-0.3, -0.25) is 14.9 Å². The van der Waals surface area contributed by atoms with Crippen molar-refractivity contribution in [3.05, 3.63) is 63.4 Å². The smallest absolute Gasteiger partial charge is 0.271 e. The molecule has 0 radical (unpaired) electrons. The highest BCUT2D eigenvalue weighted by Crippen LogP contribution is 2.23. The third kappa shape index (κ3) is 4.77. The van der Waals surface area contributed by atoms with Crippen LogP contribution in [0.2, 0.25) is 0 Å². The van der Waals surface area contributed by atoms with Crippen molar-refractivity contribution in [2.75, 3.05) is 5.75 Å². The van der Waals surface area contributed by atoms with Crippen LogP contribution in [0.3, 0.4) is 0 Å². The summed E-state index contributed by atoms with van der Waals surface area (Å²) >= 11 is 1.27. The summed E-state index contributed by atoms with van der Waals surface area (Å²) in [6.07, 6.45) is 0.173. The predicted molar refractivity (Wildman–Crippen MR) is 110 cm³/mol. The topological polar surface area (TPSA) is 112 Å². The van der Waals surface area contributed by atoms with E-state index in [0.717, 1.165) is 4.70 Å². The van der Waals surface area contributed by atoms with Crippen LogP contribution in [0.25, 0.3) is 10.2 Å². The first-order valence-electron chi connectivity index (χ1n) is 8.95. The van der Waals surface area contributed by atoms with E-state index in [4.69, 9.17) is 0 Å². The third-order valence-corrected chi connectivity index (χ3v) is 7.19. The molecule has 8 nitrogen and oxygen atoms in total. The summed E-state index contributed by atoms with van der Waals surface area (Å²) in [6, 6.07) is 12.6. The molecule has 0 aliphatic carbocycles. The monoisotopic (exact) mass is 433 g/mol. The van der Waals surface area contributed by atoms with Gasteiger partial charge >= 0.3 is 0 Å². The molecule has 0 atom stereocenters. The van der Waals surface area contributed by atoms with Gasteiger partial charge in [-0.2, -0.15) is 4.99 Å². The zero-order valence-electron chi connectivity index (χ0n) is 15.6. The zero-order valence-corrected chi connectivity index (χ0v) is 17.3. The molecule has 0 unspecified atom stereocenters. The number of aromatic nitrogens is 1. The van der Waals surface area contributed by atoms with Crippen molar-refractivity contribution in [3.8, 4) is 0 Å². The number of aryl methyl sites for hydroxylation is 1. The van der Waals surface area contributed by atoms with Crippen molar-refractivity contribution in [3.63, 3.8) is 0 Å². The molecule has 1 heterocycles. The number of thiazole rings is 1. The van der Waals surface area contributed by atoms with Gasteiger partial charge in [0, 0.05) is 25.1 Å². The number of nitrogens with zero attached hydrogens (tertiary/aromatic N) is 3. The molecule has 29 heavy (non-hydrogen) atoms. The van der Waals surface area contributed by atoms with Crippen molar-refractivity contribution >= 4 is 43.0 Å². The first-order chi connectivity index (χ1) is 13.8. The molecule has 0 N–H and O–H groups in total. The minimum Gasteiger partial charge on any atom is -0.316 e. The van der Waals surface area contributed by atoms with Crippen LogP contribution < -0.4 is 4.80 Å². The maximum absolute atomic E-state index is 12.3. The lowest BCUT2D eigenvalue weighted by Crippen LogP contribution is -2.16. The molecule has 0 saturated heterocycles. The maximum atomic E-state index is 12.3. The Morgan fingerprint density at radius 1 is 1.21 bits per heavy atom. The van der Waals surface area contributed by atoms with Crippen LogP contribution in [0.4, 0.5) is 5.69 Å². The second-order valence-corrected chi connectivity index (χ2v) is 9.40. The van der Waals surface area contributed by atoms with Crippen molar-refractivity contribution in [1.29, 1.82) is 0 Å². The van der Waals surface area contributed by atoms with E-state index in [-0.39, 0.29) is 29.2 Å². The quantitative estimate of drug-likeness (QED) is 0.419. The molecule has 0 aliphatic heterocycles. The third-order valence-electron chi connectivity index (χ3n) is 4.32. The summed E-state index contributed by atoms with van der Waals surface area (Å²) in [7, 11) is -3.44. The largest absolute Gasteiger partial charge is 0.316 e. The first-order valence-corrected chi connectivity index (χ1v) is 11.4. The van der Waals surface area contributed by atoms with Gasteiger partial charge in [0.25, 0.3) is 5.69 Å². The number of benzene rings is 2. The molecule has 2 aromatic carbocycles. The molecule has 3 rings (SSSR count). The number of nitro groups is 1. The van der Waals surface area contributed by atoms with E-state index >= 15 is 0 Å². The Labute approximate surface area is 171 Å². The van der Waals surface area contributed by atoms with Crippen LogP contribution in [0.1, 0.15) is 19.8 Å². The van der Waals surface area contributed by atoms with E-state index in [1.807, 2.05) is 6.92 Å². The van der Waals surface area contributed by atoms with Gasteiger partial charge in [0.1, 0.15) is 0 Å². The summed E-state index contributed by atoms with van der Waals surface area (Å²) < 4.78 is 27.1. The lowest BCUT2D eigenvalue weighted by molar-refractivity contribution is -0.384. The predicted octanol–water partition coefficient (Wildman–Crippen LogP) is 3.31. The molecule has 152 valence electrons. The molecule has 0 fully saturated rings. The maximum Gasteiger partial charge on any atom is 0.271 e. The van der Waals surface area contributed by atoms with E-state index in [0.29, 0.717) is 16.9 Å². The van der Waals surface area contributed by atoms with Gasteiger partial charge in [-0.15, -0.1) is 0 Å². The standard InChI is InChI=1S/C19H19N3O5S2/c1-2-21-16-13-14(22(24)25)10-11-17(16)28-19(21)20-18(23)9-6-12-29(26,27)15-7-4-3-5-8-15/h3-5,7-8,10-11,13H,2,6,9,12H2,1H3. The fourth-order valence-corrected chi connectivity index (χ4v) is 5.31. The van der Waals surface area contributed by atoms with E-state index < -0.39 is 20.7 Å². The molecule has 0 saturated carbocycles. The Balaban J connectivity index is 1.77. The molecule has 1 aromatic heterocycles. The van der Waals surface area contributed by atoms with Gasteiger partial charge in [-0.05, 0) is 31.5 Å². The van der Waals surface area contributed by atoms with Crippen LogP contribution in [-0.2, 0) is 21.2 Å². The highest BCUT2D eigenvalue weighted by molar-refractivity contribution is 7.91.